The molecule has 0 amide bonds. The van der Waals surface area contributed by atoms with Crippen molar-refractivity contribution in [1.82, 2.24) is 0 Å². The smallest absolute Gasteiger partial charge is 0.310 e. The first-order chi connectivity index (χ1) is 14.7. The molecular formula is C27H48O4Si. The maximum Gasteiger partial charge on any atom is 0.310 e. The predicted molar refractivity (Wildman–Crippen MR) is 133 cm³/mol. The van der Waals surface area contributed by atoms with Crippen molar-refractivity contribution in [2.24, 2.45) is 29.6 Å². The van der Waals surface area contributed by atoms with E-state index in [2.05, 4.69) is 61.5 Å². The van der Waals surface area contributed by atoms with Crippen LogP contribution in [0.3, 0.4) is 0 Å². The van der Waals surface area contributed by atoms with Crippen LogP contribution in [0.4, 0.5) is 0 Å². The predicted octanol–water partition coefficient (Wildman–Crippen LogP) is 6.75. The average Bonchev–Trinajstić information content (AvgIpc) is 3.20. The minimum Gasteiger partial charge on any atom is -0.460 e. The van der Waals surface area contributed by atoms with Crippen LogP contribution in [0.15, 0.2) is 12.2 Å². The Kier molecular flexibility index (Phi) is 7.45. The number of hydrogen-bond donors (Lipinski definition) is 0. The van der Waals surface area contributed by atoms with Crippen molar-refractivity contribution < 1.29 is 18.7 Å². The van der Waals surface area contributed by atoms with E-state index in [4.69, 9.17) is 13.9 Å². The molecular weight excluding hydrogens is 416 g/mol. The summed E-state index contributed by atoms with van der Waals surface area (Å²) in [5.41, 5.74) is 1.37. The van der Waals surface area contributed by atoms with E-state index in [1.165, 1.54) is 0 Å². The molecule has 4 nitrogen and oxygen atoms in total. The molecule has 2 unspecified atom stereocenters. The Morgan fingerprint density at radius 1 is 0.938 bits per heavy atom. The van der Waals surface area contributed by atoms with Crippen LogP contribution >= 0.6 is 0 Å². The fourth-order valence-corrected chi connectivity index (χ4v) is 13.0. The fourth-order valence-electron chi connectivity index (χ4n) is 7.25. The van der Waals surface area contributed by atoms with Gasteiger partial charge in [-0.25, -0.2) is 0 Å². The molecule has 2 aliphatic heterocycles. The van der Waals surface area contributed by atoms with Crippen LogP contribution in [0.25, 0.3) is 0 Å². The van der Waals surface area contributed by atoms with Gasteiger partial charge in [0, 0.05) is 11.8 Å². The molecule has 0 radical (unpaired) electrons. The molecule has 3 rings (SSSR count). The van der Waals surface area contributed by atoms with Gasteiger partial charge in [-0.3, -0.25) is 4.79 Å². The molecule has 5 heteroatoms. The van der Waals surface area contributed by atoms with Gasteiger partial charge in [0.25, 0.3) is 0 Å². The molecule has 3 fully saturated rings. The lowest BCUT2D eigenvalue weighted by Crippen LogP contribution is -2.57. The Balaban J connectivity index is 1.68. The average molecular weight is 465 g/mol. The molecule has 0 N–H and O–H groups in total. The summed E-state index contributed by atoms with van der Waals surface area (Å²) >= 11 is 0. The van der Waals surface area contributed by atoms with Gasteiger partial charge in [0.1, 0.15) is 5.60 Å². The highest BCUT2D eigenvalue weighted by Crippen LogP contribution is 2.65. The quantitative estimate of drug-likeness (QED) is 0.226. The van der Waals surface area contributed by atoms with Gasteiger partial charge in [0.05, 0.1) is 24.7 Å². The second kappa shape index (κ2) is 9.18. The third-order valence-electron chi connectivity index (χ3n) is 8.45. The number of carbonyl (C=O) groups excluding carboxylic acids is 1. The molecule has 2 bridgehead atoms. The minimum absolute atomic E-state index is 0.149. The topological polar surface area (TPSA) is 44.8 Å². The summed E-state index contributed by atoms with van der Waals surface area (Å²) in [4.78, 5) is 12.0. The zero-order valence-corrected chi connectivity index (χ0v) is 23.3. The van der Waals surface area contributed by atoms with Crippen molar-refractivity contribution in [2.75, 3.05) is 0 Å². The highest BCUT2D eigenvalue weighted by Gasteiger charge is 2.69. The van der Waals surface area contributed by atoms with Crippen LogP contribution in [-0.2, 0) is 18.7 Å². The zero-order chi connectivity index (χ0) is 24.2. The number of esters is 1. The van der Waals surface area contributed by atoms with Crippen molar-refractivity contribution in [1.29, 1.82) is 0 Å². The molecule has 2 heterocycles. The van der Waals surface area contributed by atoms with Gasteiger partial charge >= 0.3 is 5.97 Å². The lowest BCUT2D eigenvalue weighted by molar-refractivity contribution is -0.153. The second-order valence-electron chi connectivity index (χ2n) is 12.6. The Hall–Kier alpha value is -0.653. The molecule has 3 aliphatic rings. The third kappa shape index (κ3) is 4.63. The highest BCUT2D eigenvalue weighted by atomic mass is 28.4. The summed E-state index contributed by atoms with van der Waals surface area (Å²) in [5.74, 6) is 2.36. The van der Waals surface area contributed by atoms with Gasteiger partial charge in [-0.15, -0.1) is 0 Å². The van der Waals surface area contributed by atoms with Gasteiger partial charge in [-0.05, 0) is 55.1 Å². The van der Waals surface area contributed by atoms with E-state index >= 15 is 0 Å². The first kappa shape index (κ1) is 26.0. The first-order valence-electron chi connectivity index (χ1n) is 12.9. The van der Waals surface area contributed by atoms with E-state index in [1.54, 1.807) is 0 Å². The van der Waals surface area contributed by atoms with Gasteiger partial charge in [-0.1, -0.05) is 67.5 Å². The number of allylic oxidation sites excluding steroid dienone is 1. The summed E-state index contributed by atoms with van der Waals surface area (Å²) in [6.07, 6.45) is 5.48. The lowest BCUT2D eigenvalue weighted by Gasteiger charge is -2.50. The van der Waals surface area contributed by atoms with Gasteiger partial charge in [-0.2, -0.15) is 0 Å². The number of rotatable bonds is 8. The molecule has 0 aromatic heterocycles. The molecule has 1 aliphatic carbocycles. The largest absolute Gasteiger partial charge is 0.460 e. The maximum absolute atomic E-state index is 12.0. The monoisotopic (exact) mass is 464 g/mol. The Bertz CT molecular complexity index is 663. The molecule has 32 heavy (non-hydrogen) atoms. The number of carbonyl (C=O) groups is 1. The second-order valence-corrected chi connectivity index (χ2v) is 18.0. The Morgan fingerprint density at radius 3 is 1.81 bits per heavy atom. The number of hydrogen-bond acceptors (Lipinski definition) is 4. The third-order valence-corrected chi connectivity index (χ3v) is 14.5. The van der Waals surface area contributed by atoms with Crippen LogP contribution in [0.1, 0.15) is 82.6 Å². The van der Waals surface area contributed by atoms with E-state index in [0.717, 1.165) is 0 Å². The number of fused-ring (bicyclic) bond motifs is 5. The summed E-state index contributed by atoms with van der Waals surface area (Å²) in [6, 6.07) is 0. The fraction of sp³-hybridized carbons (Fsp3) is 0.889. The molecule has 2 saturated heterocycles. The lowest BCUT2D eigenvalue weighted by atomic mass is 9.83. The molecule has 8 atom stereocenters. The normalized spacial score (nSPS) is 36.9. The summed E-state index contributed by atoms with van der Waals surface area (Å²) < 4.78 is 19.3. The van der Waals surface area contributed by atoms with Crippen LogP contribution < -0.4 is 0 Å². The van der Waals surface area contributed by atoms with E-state index in [0.29, 0.717) is 52.6 Å². The highest BCUT2D eigenvalue weighted by molar-refractivity contribution is 6.77. The molecule has 1 saturated carbocycles. The van der Waals surface area contributed by atoms with Gasteiger partial charge < -0.3 is 13.9 Å². The van der Waals surface area contributed by atoms with Crippen LogP contribution in [-0.4, -0.2) is 38.2 Å². The van der Waals surface area contributed by atoms with Crippen LogP contribution in [0.5, 0.6) is 0 Å². The van der Waals surface area contributed by atoms with Crippen molar-refractivity contribution >= 4 is 14.3 Å². The maximum atomic E-state index is 12.0. The Labute approximate surface area is 198 Å². The summed E-state index contributed by atoms with van der Waals surface area (Å²) in [5, 5.41) is 0. The molecule has 0 aromatic rings. The van der Waals surface area contributed by atoms with Gasteiger partial charge in [0.2, 0.25) is 8.32 Å². The van der Waals surface area contributed by atoms with E-state index in [9.17, 15) is 4.79 Å². The first-order valence-corrected chi connectivity index (χ1v) is 15.1. The SMILES string of the molecule is CC(C)[Si](OC1[C@@H](C)[C@@H]2O[C@@H]([C@H]3C(/C=C\CC(=O)OC(C)(C)C)[C@@H]23)[C@H]1C)(C(C)C)C(C)C. The van der Waals surface area contributed by atoms with Crippen LogP contribution in [0, 0.1) is 29.6 Å². The van der Waals surface area contributed by atoms with Crippen LogP contribution in [0.2, 0.25) is 16.6 Å². The minimum atomic E-state index is -1.93. The van der Waals surface area contributed by atoms with Crippen molar-refractivity contribution in [3.05, 3.63) is 12.2 Å². The standard InChI is InChI=1S/C27H48O4Si/c1-15(2)32(16(3)4,17(5)6)31-24-18(7)25-22-20(23(22)26(29-25)19(24)8)13-12-14-21(28)30-27(9,10)11/h12-13,15-20,22-26H,14H2,1-11H3/b13-12-/t18-,19+,20?,22-,23+,24?,25+,26-. The zero-order valence-electron chi connectivity index (χ0n) is 22.3. The van der Waals surface area contributed by atoms with Crippen molar-refractivity contribution in [3.8, 4) is 0 Å². The van der Waals surface area contributed by atoms with E-state index < -0.39 is 13.9 Å². The van der Waals surface area contributed by atoms with E-state index in [-0.39, 0.29) is 24.3 Å². The molecule has 184 valence electrons. The van der Waals surface area contributed by atoms with Crippen molar-refractivity contribution in [3.63, 3.8) is 0 Å². The summed E-state index contributed by atoms with van der Waals surface area (Å²) in [7, 11) is -1.93. The number of ether oxygens (including phenoxy) is 2. The molecule has 0 aromatic carbocycles. The van der Waals surface area contributed by atoms with Crippen molar-refractivity contribution in [2.45, 2.75) is 123 Å². The van der Waals surface area contributed by atoms with E-state index in [1.807, 2.05) is 26.8 Å². The summed E-state index contributed by atoms with van der Waals surface area (Å²) in [6.45, 7) is 24.7. The molecule has 0 spiro atoms. The Morgan fingerprint density at radius 2 is 1.41 bits per heavy atom. The van der Waals surface area contributed by atoms with Gasteiger partial charge in [0.15, 0.2) is 0 Å².